The van der Waals surface area contributed by atoms with E-state index in [1.165, 1.54) is 19.3 Å². The summed E-state index contributed by atoms with van der Waals surface area (Å²) in [5, 5.41) is 0. The smallest absolute Gasteiger partial charge is 0.324 e. The first-order valence-corrected chi connectivity index (χ1v) is 8.69. The molecule has 0 fully saturated rings. The van der Waals surface area contributed by atoms with E-state index in [-0.39, 0.29) is 26.1 Å². The van der Waals surface area contributed by atoms with E-state index in [2.05, 4.69) is 13.5 Å². The molecule has 0 radical (unpaired) electrons. The van der Waals surface area contributed by atoms with Gasteiger partial charge in [0.2, 0.25) is 0 Å². The van der Waals surface area contributed by atoms with Crippen molar-refractivity contribution in [2.45, 2.75) is 65.7 Å². The van der Waals surface area contributed by atoms with Crippen molar-refractivity contribution in [2.75, 3.05) is 13.2 Å². The molecule has 0 aliphatic carbocycles. The average molecular weight is 324 g/mol. The lowest BCUT2D eigenvalue weighted by atomic mass is 9.80. The van der Waals surface area contributed by atoms with Gasteiger partial charge in [-0.15, -0.1) is 6.58 Å². The highest BCUT2D eigenvalue weighted by Gasteiger charge is 2.46. The lowest BCUT2D eigenvalue weighted by Gasteiger charge is -2.26. The number of esters is 2. The van der Waals surface area contributed by atoms with Crippen LogP contribution in [0.15, 0.2) is 24.8 Å². The molecule has 4 nitrogen and oxygen atoms in total. The van der Waals surface area contributed by atoms with Crippen LogP contribution in [0.4, 0.5) is 0 Å². The first-order chi connectivity index (χ1) is 11.1. The highest BCUT2D eigenvalue weighted by atomic mass is 16.6. The Morgan fingerprint density at radius 2 is 1.52 bits per heavy atom. The molecule has 0 aromatic carbocycles. The molecular formula is C19H32O4. The van der Waals surface area contributed by atoms with Gasteiger partial charge < -0.3 is 9.47 Å². The molecule has 132 valence electrons. The topological polar surface area (TPSA) is 52.6 Å². The lowest BCUT2D eigenvalue weighted by Crippen LogP contribution is -2.41. The van der Waals surface area contributed by atoms with Crippen molar-refractivity contribution in [1.82, 2.24) is 0 Å². The fourth-order valence-electron chi connectivity index (χ4n) is 2.38. The van der Waals surface area contributed by atoms with E-state index in [0.29, 0.717) is 0 Å². The summed E-state index contributed by atoms with van der Waals surface area (Å²) in [4.78, 5) is 24.7. The maximum Gasteiger partial charge on any atom is 0.324 e. The summed E-state index contributed by atoms with van der Waals surface area (Å²) in [6.07, 6.45) is 11.7. The molecule has 0 saturated carbocycles. The van der Waals surface area contributed by atoms with Crippen molar-refractivity contribution in [1.29, 1.82) is 0 Å². The minimum atomic E-state index is -1.31. The monoisotopic (exact) mass is 324 g/mol. The van der Waals surface area contributed by atoms with Gasteiger partial charge in [-0.3, -0.25) is 9.59 Å². The molecule has 0 atom stereocenters. The summed E-state index contributed by atoms with van der Waals surface area (Å²) in [6.45, 7) is 9.77. The Labute approximate surface area is 140 Å². The summed E-state index contributed by atoms with van der Waals surface area (Å²) in [7, 11) is 0. The SMILES string of the molecule is C=CCC(CC=CCCCCCC)(C(=O)OCC)C(=O)OCC. The predicted octanol–water partition coefficient (Wildman–Crippen LogP) is 4.59. The number of carbonyl (C=O) groups is 2. The predicted molar refractivity (Wildman–Crippen MR) is 93.0 cm³/mol. The maximum absolute atomic E-state index is 12.4. The Bertz CT molecular complexity index is 367. The van der Waals surface area contributed by atoms with Crippen LogP contribution in [0.1, 0.15) is 65.7 Å². The number of carbonyl (C=O) groups excluding carboxylic acids is 2. The Morgan fingerprint density at radius 1 is 0.913 bits per heavy atom. The molecule has 0 unspecified atom stereocenters. The summed E-state index contributed by atoms with van der Waals surface area (Å²) in [6, 6.07) is 0. The minimum Gasteiger partial charge on any atom is -0.465 e. The molecule has 0 aromatic heterocycles. The molecule has 0 N–H and O–H groups in total. The fraction of sp³-hybridized carbons (Fsp3) is 0.684. The Hall–Kier alpha value is -1.58. The highest BCUT2D eigenvalue weighted by molar-refractivity contribution is 6.00. The second-order valence-electron chi connectivity index (χ2n) is 5.54. The van der Waals surface area contributed by atoms with E-state index >= 15 is 0 Å². The van der Waals surface area contributed by atoms with Crippen molar-refractivity contribution in [3.05, 3.63) is 24.8 Å². The van der Waals surface area contributed by atoms with Gasteiger partial charge in [0, 0.05) is 0 Å². The van der Waals surface area contributed by atoms with Crippen molar-refractivity contribution in [2.24, 2.45) is 5.41 Å². The van der Waals surface area contributed by atoms with Gasteiger partial charge in [-0.05, 0) is 39.5 Å². The molecule has 23 heavy (non-hydrogen) atoms. The van der Waals surface area contributed by atoms with Crippen LogP contribution in [0.2, 0.25) is 0 Å². The number of allylic oxidation sites excluding steroid dienone is 3. The van der Waals surface area contributed by atoms with E-state index < -0.39 is 17.4 Å². The van der Waals surface area contributed by atoms with Crippen molar-refractivity contribution in [3.63, 3.8) is 0 Å². The van der Waals surface area contributed by atoms with Crippen LogP contribution < -0.4 is 0 Å². The molecule has 0 aliphatic heterocycles. The quantitative estimate of drug-likeness (QED) is 0.215. The van der Waals surface area contributed by atoms with Crippen LogP contribution in [-0.4, -0.2) is 25.2 Å². The highest BCUT2D eigenvalue weighted by Crippen LogP contribution is 2.32. The van der Waals surface area contributed by atoms with Gasteiger partial charge in [-0.1, -0.05) is 44.4 Å². The van der Waals surface area contributed by atoms with Crippen LogP contribution in [0.25, 0.3) is 0 Å². The normalized spacial score (nSPS) is 11.4. The van der Waals surface area contributed by atoms with E-state index in [4.69, 9.17) is 9.47 Å². The Morgan fingerprint density at radius 3 is 2.00 bits per heavy atom. The van der Waals surface area contributed by atoms with Crippen LogP contribution in [0.5, 0.6) is 0 Å². The summed E-state index contributed by atoms with van der Waals surface area (Å²) >= 11 is 0. The van der Waals surface area contributed by atoms with E-state index in [0.717, 1.165) is 12.8 Å². The van der Waals surface area contributed by atoms with Gasteiger partial charge >= 0.3 is 11.9 Å². The van der Waals surface area contributed by atoms with Crippen molar-refractivity contribution >= 4 is 11.9 Å². The first kappa shape index (κ1) is 21.4. The van der Waals surface area contributed by atoms with E-state index in [1.54, 1.807) is 19.9 Å². The molecule has 4 heteroatoms. The number of unbranched alkanes of at least 4 members (excludes halogenated alkanes) is 4. The van der Waals surface area contributed by atoms with Gasteiger partial charge in [0.15, 0.2) is 5.41 Å². The zero-order valence-corrected chi connectivity index (χ0v) is 14.9. The second kappa shape index (κ2) is 12.9. The van der Waals surface area contributed by atoms with Crippen molar-refractivity contribution < 1.29 is 19.1 Å². The van der Waals surface area contributed by atoms with E-state index in [1.807, 2.05) is 12.2 Å². The van der Waals surface area contributed by atoms with Gasteiger partial charge in [0.1, 0.15) is 0 Å². The van der Waals surface area contributed by atoms with Crippen LogP contribution >= 0.6 is 0 Å². The minimum absolute atomic E-state index is 0.213. The molecule has 0 amide bonds. The third-order valence-electron chi connectivity index (χ3n) is 3.68. The first-order valence-electron chi connectivity index (χ1n) is 8.69. The van der Waals surface area contributed by atoms with Gasteiger partial charge in [-0.25, -0.2) is 0 Å². The Kier molecular flexibility index (Phi) is 12.0. The third kappa shape index (κ3) is 7.49. The molecule has 0 heterocycles. The van der Waals surface area contributed by atoms with Crippen LogP contribution in [-0.2, 0) is 19.1 Å². The molecule has 0 aliphatic rings. The average Bonchev–Trinajstić information content (AvgIpc) is 2.53. The number of rotatable bonds is 13. The Balaban J connectivity index is 4.93. The standard InChI is InChI=1S/C19H32O4/c1-5-9-10-11-12-13-14-16-19(15-6-2,17(20)22-7-3)18(21)23-8-4/h6,13-14H,2,5,7-12,15-16H2,1,3-4H3. The zero-order chi connectivity index (χ0) is 17.6. The molecule has 0 bridgehead atoms. The summed E-state index contributed by atoms with van der Waals surface area (Å²) in [5.74, 6) is -1.07. The van der Waals surface area contributed by atoms with Crippen molar-refractivity contribution in [3.8, 4) is 0 Å². The van der Waals surface area contributed by atoms with Gasteiger partial charge in [-0.2, -0.15) is 0 Å². The maximum atomic E-state index is 12.4. The fourth-order valence-corrected chi connectivity index (χ4v) is 2.38. The third-order valence-corrected chi connectivity index (χ3v) is 3.68. The summed E-state index contributed by atoms with van der Waals surface area (Å²) < 4.78 is 10.2. The lowest BCUT2D eigenvalue weighted by molar-refractivity contribution is -0.171. The van der Waals surface area contributed by atoms with Crippen LogP contribution in [0, 0.1) is 5.41 Å². The van der Waals surface area contributed by atoms with Crippen LogP contribution in [0.3, 0.4) is 0 Å². The largest absolute Gasteiger partial charge is 0.465 e. The molecule has 0 rings (SSSR count). The number of hydrogen-bond donors (Lipinski definition) is 0. The molecule has 0 saturated heterocycles. The second-order valence-corrected chi connectivity index (χ2v) is 5.54. The number of hydrogen-bond acceptors (Lipinski definition) is 4. The molecular weight excluding hydrogens is 292 g/mol. The van der Waals surface area contributed by atoms with Gasteiger partial charge in [0.25, 0.3) is 0 Å². The van der Waals surface area contributed by atoms with E-state index in [9.17, 15) is 9.59 Å². The number of ether oxygens (including phenoxy) is 2. The summed E-state index contributed by atoms with van der Waals surface area (Å²) in [5.41, 5.74) is -1.31. The molecule has 0 aromatic rings. The molecule has 0 spiro atoms. The zero-order valence-electron chi connectivity index (χ0n) is 14.9. The van der Waals surface area contributed by atoms with Gasteiger partial charge in [0.05, 0.1) is 13.2 Å².